The fourth-order valence-corrected chi connectivity index (χ4v) is 3.25. The first-order valence-electron chi connectivity index (χ1n) is 5.78. The average Bonchev–Trinajstić information content (AvgIpc) is 2.98. The number of hydrogen-bond acceptors (Lipinski definition) is 2. The molecule has 0 bridgehead atoms. The minimum Gasteiger partial charge on any atom is -0.454 e. The van der Waals surface area contributed by atoms with E-state index in [1.54, 1.807) is 0 Å². The van der Waals surface area contributed by atoms with Crippen LogP contribution in [0.25, 0.3) is 0 Å². The third kappa shape index (κ3) is 1.66. The molecule has 0 aromatic carbocycles. The van der Waals surface area contributed by atoms with Crippen molar-refractivity contribution < 1.29 is 4.42 Å². The number of rotatable bonds is 2. The lowest BCUT2D eigenvalue weighted by Gasteiger charge is -2.29. The predicted octanol–water partition coefficient (Wildman–Crippen LogP) is 3.07. The van der Waals surface area contributed by atoms with Crippen molar-refractivity contribution in [2.45, 2.75) is 31.1 Å². The summed E-state index contributed by atoms with van der Waals surface area (Å²) in [6.45, 7) is 2.35. The van der Waals surface area contributed by atoms with Gasteiger partial charge in [0.15, 0.2) is 4.67 Å². The molecular weight excluding hydrogens is 254 g/mol. The maximum absolute atomic E-state index is 5.76. The van der Waals surface area contributed by atoms with Crippen molar-refractivity contribution in [1.29, 1.82) is 0 Å². The summed E-state index contributed by atoms with van der Waals surface area (Å²) in [5.74, 6) is 2.04. The summed E-state index contributed by atoms with van der Waals surface area (Å²) < 4.78 is 6.63. The van der Waals surface area contributed by atoms with E-state index >= 15 is 0 Å². The van der Waals surface area contributed by atoms with E-state index in [0.717, 1.165) is 10.6 Å². The van der Waals surface area contributed by atoms with Crippen LogP contribution in [-0.2, 0) is 5.41 Å². The minimum absolute atomic E-state index is 0.397. The van der Waals surface area contributed by atoms with Gasteiger partial charge < -0.3 is 9.73 Å². The first kappa shape index (κ1) is 9.91. The number of piperidine rings is 1. The predicted molar refractivity (Wildman–Crippen MR) is 62.9 cm³/mol. The summed E-state index contributed by atoms with van der Waals surface area (Å²) in [5, 5.41) is 3.43. The summed E-state index contributed by atoms with van der Waals surface area (Å²) in [6, 6.07) is 4.18. The molecule has 1 aliphatic heterocycles. The highest BCUT2D eigenvalue weighted by Crippen LogP contribution is 2.56. The molecule has 1 saturated heterocycles. The van der Waals surface area contributed by atoms with Gasteiger partial charge in [0, 0.05) is 5.41 Å². The molecule has 2 fully saturated rings. The second-order valence-electron chi connectivity index (χ2n) is 4.78. The Morgan fingerprint density at radius 2 is 2.00 bits per heavy atom. The molecule has 1 N–H and O–H groups in total. The monoisotopic (exact) mass is 269 g/mol. The molecule has 2 heterocycles. The van der Waals surface area contributed by atoms with Gasteiger partial charge in [0.05, 0.1) is 0 Å². The molecule has 3 heteroatoms. The first-order valence-corrected chi connectivity index (χ1v) is 6.57. The normalized spacial score (nSPS) is 25.4. The molecule has 0 atom stereocenters. The van der Waals surface area contributed by atoms with Gasteiger partial charge in [-0.25, -0.2) is 0 Å². The molecule has 1 aliphatic carbocycles. The molecule has 0 spiro atoms. The third-order valence-electron chi connectivity index (χ3n) is 3.97. The van der Waals surface area contributed by atoms with Crippen molar-refractivity contribution in [3.05, 3.63) is 22.6 Å². The van der Waals surface area contributed by atoms with Crippen LogP contribution < -0.4 is 5.32 Å². The minimum atomic E-state index is 0.397. The van der Waals surface area contributed by atoms with Gasteiger partial charge in [-0.05, 0) is 72.8 Å². The number of furan rings is 1. The molecule has 0 unspecified atom stereocenters. The number of hydrogen-bond donors (Lipinski definition) is 1. The largest absolute Gasteiger partial charge is 0.454 e. The molecule has 82 valence electrons. The van der Waals surface area contributed by atoms with Crippen molar-refractivity contribution in [3.63, 3.8) is 0 Å². The molecule has 0 amide bonds. The van der Waals surface area contributed by atoms with Gasteiger partial charge in [-0.3, -0.25) is 0 Å². The Kier molecular flexibility index (Phi) is 2.40. The molecule has 3 rings (SSSR count). The van der Waals surface area contributed by atoms with Crippen LogP contribution in [0.15, 0.2) is 21.2 Å². The van der Waals surface area contributed by atoms with Crippen LogP contribution in [0.3, 0.4) is 0 Å². The molecule has 0 radical (unpaired) electrons. The lowest BCUT2D eigenvalue weighted by Crippen LogP contribution is -2.34. The van der Waals surface area contributed by atoms with Crippen LogP contribution in [-0.4, -0.2) is 13.1 Å². The molecule has 1 aromatic heterocycles. The van der Waals surface area contributed by atoms with Crippen LogP contribution in [0.5, 0.6) is 0 Å². The smallest absolute Gasteiger partial charge is 0.169 e. The third-order valence-corrected chi connectivity index (χ3v) is 4.40. The highest BCUT2D eigenvalue weighted by molar-refractivity contribution is 9.10. The van der Waals surface area contributed by atoms with Crippen molar-refractivity contribution >= 4 is 15.9 Å². The zero-order valence-corrected chi connectivity index (χ0v) is 10.3. The lowest BCUT2D eigenvalue weighted by atomic mass is 9.80. The van der Waals surface area contributed by atoms with Crippen LogP contribution in [0.2, 0.25) is 0 Å². The quantitative estimate of drug-likeness (QED) is 0.893. The summed E-state index contributed by atoms with van der Waals surface area (Å²) in [6.07, 6.45) is 5.24. The fraction of sp³-hybridized carbons (Fsp3) is 0.667. The van der Waals surface area contributed by atoms with Gasteiger partial charge in [-0.1, -0.05) is 0 Å². The van der Waals surface area contributed by atoms with Crippen molar-refractivity contribution in [2.24, 2.45) is 5.92 Å². The van der Waals surface area contributed by atoms with Gasteiger partial charge >= 0.3 is 0 Å². The standard InChI is InChI=1S/C12H16BrNO/c13-11-2-1-10(15-11)12(5-6-12)9-3-7-14-8-4-9/h1-2,9,14H,3-8H2. The van der Waals surface area contributed by atoms with E-state index in [-0.39, 0.29) is 0 Å². The Bertz CT molecular complexity index is 350. The van der Waals surface area contributed by atoms with Crippen LogP contribution in [0, 0.1) is 5.92 Å². The maximum Gasteiger partial charge on any atom is 0.169 e. The highest BCUT2D eigenvalue weighted by atomic mass is 79.9. The maximum atomic E-state index is 5.76. The van der Waals surface area contributed by atoms with E-state index in [2.05, 4.69) is 27.3 Å². The fourth-order valence-electron chi connectivity index (χ4n) is 2.95. The Hall–Kier alpha value is -0.280. The zero-order chi connectivity index (χ0) is 10.3. The van der Waals surface area contributed by atoms with E-state index in [9.17, 15) is 0 Å². The van der Waals surface area contributed by atoms with E-state index in [0.29, 0.717) is 5.41 Å². The second-order valence-corrected chi connectivity index (χ2v) is 5.57. The summed E-state index contributed by atoms with van der Waals surface area (Å²) in [4.78, 5) is 0. The highest BCUT2D eigenvalue weighted by Gasteiger charge is 2.52. The molecule has 1 aromatic rings. The molecule has 1 saturated carbocycles. The first-order chi connectivity index (χ1) is 7.31. The SMILES string of the molecule is Brc1ccc(C2(C3CCNCC3)CC2)o1. The summed E-state index contributed by atoms with van der Waals surface area (Å²) in [5.41, 5.74) is 0.397. The van der Waals surface area contributed by atoms with Crippen LogP contribution >= 0.6 is 15.9 Å². The zero-order valence-electron chi connectivity index (χ0n) is 8.76. The van der Waals surface area contributed by atoms with Gasteiger partial charge in [0.2, 0.25) is 0 Å². The Morgan fingerprint density at radius 3 is 2.53 bits per heavy atom. The van der Waals surface area contributed by atoms with Crippen molar-refractivity contribution in [3.8, 4) is 0 Å². The molecule has 15 heavy (non-hydrogen) atoms. The van der Waals surface area contributed by atoms with Crippen LogP contribution in [0.4, 0.5) is 0 Å². The molecular formula is C12H16BrNO. The number of nitrogens with one attached hydrogen (secondary N) is 1. The average molecular weight is 270 g/mol. The Balaban J connectivity index is 1.83. The van der Waals surface area contributed by atoms with E-state index in [1.807, 2.05) is 6.07 Å². The van der Waals surface area contributed by atoms with Gasteiger partial charge in [-0.15, -0.1) is 0 Å². The van der Waals surface area contributed by atoms with Gasteiger partial charge in [0.25, 0.3) is 0 Å². The topological polar surface area (TPSA) is 25.2 Å². The Labute approximate surface area is 98.6 Å². The van der Waals surface area contributed by atoms with Crippen LogP contribution in [0.1, 0.15) is 31.4 Å². The van der Waals surface area contributed by atoms with E-state index in [1.165, 1.54) is 44.5 Å². The van der Waals surface area contributed by atoms with Gasteiger partial charge in [-0.2, -0.15) is 0 Å². The van der Waals surface area contributed by atoms with E-state index < -0.39 is 0 Å². The molecule has 2 nitrogen and oxygen atoms in total. The Morgan fingerprint density at radius 1 is 1.27 bits per heavy atom. The van der Waals surface area contributed by atoms with Crippen molar-refractivity contribution in [2.75, 3.05) is 13.1 Å². The van der Waals surface area contributed by atoms with Crippen molar-refractivity contribution in [1.82, 2.24) is 5.32 Å². The van der Waals surface area contributed by atoms with Gasteiger partial charge in [0.1, 0.15) is 5.76 Å². The second kappa shape index (κ2) is 3.63. The summed E-state index contributed by atoms with van der Waals surface area (Å²) >= 11 is 3.40. The lowest BCUT2D eigenvalue weighted by molar-refractivity contribution is 0.268. The molecule has 2 aliphatic rings. The van der Waals surface area contributed by atoms with E-state index in [4.69, 9.17) is 4.42 Å². The number of halogens is 1. The summed E-state index contributed by atoms with van der Waals surface area (Å²) in [7, 11) is 0.